The van der Waals surface area contributed by atoms with Crippen molar-refractivity contribution in [2.24, 2.45) is 0 Å². The lowest BCUT2D eigenvalue weighted by atomic mass is 10.0. The second-order valence-corrected chi connectivity index (χ2v) is 10.9. The van der Waals surface area contributed by atoms with Crippen molar-refractivity contribution < 1.29 is 13.2 Å². The third-order valence-electron chi connectivity index (χ3n) is 5.87. The third kappa shape index (κ3) is 4.98. The maximum absolute atomic E-state index is 12.9. The van der Waals surface area contributed by atoms with Gasteiger partial charge in [-0.2, -0.15) is 0 Å². The average Bonchev–Trinajstić information content (AvgIpc) is 3.13. The third-order valence-corrected chi connectivity index (χ3v) is 7.62. The second-order valence-electron chi connectivity index (χ2n) is 8.70. The summed E-state index contributed by atoms with van der Waals surface area (Å²) in [6, 6.07) is 10.4. The SMILES string of the molecule is Cc1cc(C(=O)CN(C)Cc2ccc(C(C)C)cc2)c(C)n1C1CCS(=O)(=O)C1. The first-order valence-corrected chi connectivity index (χ1v) is 12.1. The zero-order valence-corrected chi connectivity index (χ0v) is 18.9. The van der Waals surface area contributed by atoms with Gasteiger partial charge >= 0.3 is 0 Å². The Morgan fingerprint density at radius 3 is 2.41 bits per heavy atom. The molecule has 0 aliphatic carbocycles. The molecule has 1 aromatic carbocycles. The molecule has 2 heterocycles. The number of carbonyl (C=O) groups excluding carboxylic acids is 1. The van der Waals surface area contributed by atoms with Gasteiger partial charge in [-0.1, -0.05) is 38.1 Å². The van der Waals surface area contributed by atoms with Gasteiger partial charge in [-0.15, -0.1) is 0 Å². The molecule has 0 bridgehead atoms. The van der Waals surface area contributed by atoms with E-state index in [1.54, 1.807) is 0 Å². The minimum atomic E-state index is -2.96. The second kappa shape index (κ2) is 8.44. The first-order valence-electron chi connectivity index (χ1n) is 10.3. The van der Waals surface area contributed by atoms with E-state index in [1.807, 2.05) is 36.4 Å². The molecule has 29 heavy (non-hydrogen) atoms. The average molecular weight is 417 g/mol. The summed E-state index contributed by atoms with van der Waals surface area (Å²) in [5.41, 5.74) is 5.04. The van der Waals surface area contributed by atoms with Gasteiger partial charge in [-0.05, 0) is 50.4 Å². The Bertz CT molecular complexity index is 988. The first-order chi connectivity index (χ1) is 13.6. The van der Waals surface area contributed by atoms with Crippen LogP contribution >= 0.6 is 0 Å². The number of rotatable bonds is 7. The van der Waals surface area contributed by atoms with Crippen LogP contribution in [-0.2, 0) is 16.4 Å². The molecule has 0 N–H and O–H groups in total. The van der Waals surface area contributed by atoms with Gasteiger partial charge in [0.15, 0.2) is 15.6 Å². The molecule has 2 aromatic rings. The molecule has 1 aromatic heterocycles. The number of benzene rings is 1. The standard InChI is InChI=1S/C23H32N2O3S/c1-16(2)20-8-6-19(7-9-20)13-24(5)14-23(26)22-12-17(3)25(18(22)4)21-10-11-29(27,28)15-21/h6-9,12,16,21H,10-11,13-15H2,1-5H3. The Balaban J connectivity index is 1.68. The summed E-state index contributed by atoms with van der Waals surface area (Å²) in [6.07, 6.45) is 0.624. The summed E-state index contributed by atoms with van der Waals surface area (Å²) in [7, 11) is -1.01. The van der Waals surface area contributed by atoms with Crippen molar-refractivity contribution >= 4 is 15.6 Å². The maximum Gasteiger partial charge on any atom is 0.178 e. The summed E-state index contributed by atoms with van der Waals surface area (Å²) in [4.78, 5) is 15.0. The van der Waals surface area contributed by atoms with E-state index in [1.165, 1.54) is 11.1 Å². The number of Topliss-reactive ketones (excluding diaryl/α,β-unsaturated/α-hetero) is 1. The van der Waals surface area contributed by atoms with E-state index in [9.17, 15) is 13.2 Å². The quantitative estimate of drug-likeness (QED) is 0.642. The van der Waals surface area contributed by atoms with E-state index in [0.29, 0.717) is 31.0 Å². The van der Waals surface area contributed by atoms with Crippen LogP contribution in [0.3, 0.4) is 0 Å². The molecular weight excluding hydrogens is 384 g/mol. The first kappa shape index (κ1) is 21.8. The Morgan fingerprint density at radius 2 is 1.86 bits per heavy atom. The van der Waals surface area contributed by atoms with Crippen molar-refractivity contribution in [2.45, 2.75) is 52.6 Å². The van der Waals surface area contributed by atoms with Crippen molar-refractivity contribution in [1.29, 1.82) is 0 Å². The minimum absolute atomic E-state index is 0.0567. The van der Waals surface area contributed by atoms with Crippen molar-refractivity contribution in [1.82, 2.24) is 9.47 Å². The molecule has 1 aliphatic heterocycles. The summed E-state index contributed by atoms with van der Waals surface area (Å²) < 4.78 is 25.8. The fourth-order valence-corrected chi connectivity index (χ4v) is 6.01. The number of hydrogen-bond donors (Lipinski definition) is 0. The lowest BCUT2D eigenvalue weighted by molar-refractivity contribution is 0.0942. The van der Waals surface area contributed by atoms with Gasteiger partial charge in [0.25, 0.3) is 0 Å². The number of aryl methyl sites for hydroxylation is 1. The van der Waals surface area contributed by atoms with E-state index in [0.717, 1.165) is 11.4 Å². The number of ketones is 1. The van der Waals surface area contributed by atoms with Crippen LogP contribution in [0.5, 0.6) is 0 Å². The highest BCUT2D eigenvalue weighted by atomic mass is 32.2. The van der Waals surface area contributed by atoms with Crippen molar-refractivity contribution in [2.75, 3.05) is 25.1 Å². The van der Waals surface area contributed by atoms with Gasteiger partial charge in [0.1, 0.15) is 0 Å². The van der Waals surface area contributed by atoms with Crippen LogP contribution in [0.4, 0.5) is 0 Å². The van der Waals surface area contributed by atoms with Gasteiger partial charge in [0.2, 0.25) is 0 Å². The zero-order valence-electron chi connectivity index (χ0n) is 18.1. The van der Waals surface area contributed by atoms with E-state index < -0.39 is 9.84 Å². The fraction of sp³-hybridized carbons (Fsp3) is 0.522. The molecule has 158 valence electrons. The number of nitrogens with zero attached hydrogens (tertiary/aromatic N) is 2. The highest BCUT2D eigenvalue weighted by Crippen LogP contribution is 2.29. The predicted octanol–water partition coefficient (Wildman–Crippen LogP) is 3.90. The number of carbonyl (C=O) groups is 1. The molecule has 0 radical (unpaired) electrons. The van der Waals surface area contributed by atoms with Crippen LogP contribution < -0.4 is 0 Å². The summed E-state index contributed by atoms with van der Waals surface area (Å²) >= 11 is 0. The van der Waals surface area contributed by atoms with Gasteiger partial charge in [0, 0.05) is 29.5 Å². The molecule has 1 unspecified atom stereocenters. The molecule has 0 saturated carbocycles. The number of aromatic nitrogens is 1. The van der Waals surface area contributed by atoms with Crippen molar-refractivity contribution in [3.63, 3.8) is 0 Å². The normalized spacial score (nSPS) is 18.7. The molecule has 3 rings (SSSR count). The van der Waals surface area contributed by atoms with Gasteiger partial charge < -0.3 is 4.57 Å². The number of likely N-dealkylation sites (N-methyl/N-ethyl adjacent to an activating group) is 1. The lowest BCUT2D eigenvalue weighted by Gasteiger charge is -2.18. The molecule has 1 aliphatic rings. The van der Waals surface area contributed by atoms with Crippen molar-refractivity contribution in [3.05, 3.63) is 58.4 Å². The van der Waals surface area contributed by atoms with Crippen LogP contribution in [0.1, 0.15) is 65.1 Å². The van der Waals surface area contributed by atoms with E-state index in [2.05, 4.69) is 38.1 Å². The highest BCUT2D eigenvalue weighted by molar-refractivity contribution is 7.91. The van der Waals surface area contributed by atoms with Crippen LogP contribution in [0.15, 0.2) is 30.3 Å². The van der Waals surface area contributed by atoms with Gasteiger partial charge in [0.05, 0.1) is 18.1 Å². The summed E-state index contributed by atoms with van der Waals surface area (Å²) in [6.45, 7) is 9.28. The smallest absolute Gasteiger partial charge is 0.178 e. The van der Waals surface area contributed by atoms with E-state index in [4.69, 9.17) is 0 Å². The minimum Gasteiger partial charge on any atom is -0.344 e. The van der Waals surface area contributed by atoms with Crippen molar-refractivity contribution in [3.8, 4) is 0 Å². The molecule has 6 heteroatoms. The molecule has 1 saturated heterocycles. The Morgan fingerprint density at radius 1 is 1.21 bits per heavy atom. The summed E-state index contributed by atoms with van der Waals surface area (Å²) in [5, 5.41) is 0. The van der Waals surface area contributed by atoms with Crippen LogP contribution in [0, 0.1) is 13.8 Å². The molecule has 0 spiro atoms. The molecule has 5 nitrogen and oxygen atoms in total. The molecular formula is C23H32N2O3S. The number of hydrogen-bond acceptors (Lipinski definition) is 4. The van der Waals surface area contributed by atoms with E-state index in [-0.39, 0.29) is 23.3 Å². The Kier molecular flexibility index (Phi) is 6.34. The van der Waals surface area contributed by atoms with Crippen LogP contribution in [0.2, 0.25) is 0 Å². The molecule has 1 atom stereocenters. The number of sulfone groups is 1. The predicted molar refractivity (Wildman–Crippen MR) is 117 cm³/mol. The highest BCUT2D eigenvalue weighted by Gasteiger charge is 2.31. The van der Waals surface area contributed by atoms with Gasteiger partial charge in [-0.25, -0.2) is 8.42 Å². The Labute approximate surface area is 174 Å². The maximum atomic E-state index is 12.9. The van der Waals surface area contributed by atoms with E-state index >= 15 is 0 Å². The van der Waals surface area contributed by atoms with Gasteiger partial charge in [-0.3, -0.25) is 9.69 Å². The lowest BCUT2D eigenvalue weighted by Crippen LogP contribution is -2.26. The fourth-order valence-electron chi connectivity index (χ4n) is 4.31. The van der Waals surface area contributed by atoms with Crippen LogP contribution in [-0.4, -0.2) is 48.8 Å². The zero-order chi connectivity index (χ0) is 21.3. The molecule has 1 fully saturated rings. The molecule has 0 amide bonds. The summed E-state index contributed by atoms with van der Waals surface area (Å²) in [5.74, 6) is 0.986. The Hall–Kier alpha value is -1.92. The van der Waals surface area contributed by atoms with Crippen LogP contribution in [0.25, 0.3) is 0 Å². The largest absolute Gasteiger partial charge is 0.344 e. The topological polar surface area (TPSA) is 59.4 Å². The monoisotopic (exact) mass is 416 g/mol.